The molecule has 2 aliphatic rings. The van der Waals surface area contributed by atoms with Crippen molar-refractivity contribution in [3.63, 3.8) is 0 Å². The zero-order valence-electron chi connectivity index (χ0n) is 14.4. The Kier molecular flexibility index (Phi) is 5.65. The number of hydrogen-bond donors (Lipinski definition) is 0. The number of piperidine rings is 1. The van der Waals surface area contributed by atoms with Gasteiger partial charge in [-0.1, -0.05) is 13.0 Å². The van der Waals surface area contributed by atoms with Gasteiger partial charge in [-0.05, 0) is 61.2 Å². The second-order valence-corrected chi connectivity index (χ2v) is 7.88. The Labute approximate surface area is 144 Å². The lowest BCUT2D eigenvalue weighted by Gasteiger charge is -2.32. The zero-order valence-corrected chi connectivity index (χ0v) is 15.2. The largest absolute Gasteiger partial charge is 0.338 e. The van der Waals surface area contributed by atoms with Crippen LogP contribution >= 0.6 is 11.8 Å². The number of hydrogen-bond acceptors (Lipinski definition) is 3. The topological polar surface area (TPSA) is 23.6 Å². The number of amides is 1. The zero-order chi connectivity index (χ0) is 16.2. The Morgan fingerprint density at radius 3 is 2.96 bits per heavy atom. The number of benzene rings is 1. The third kappa shape index (κ3) is 4.30. The number of carbonyl (C=O) groups is 1. The first kappa shape index (κ1) is 16.8. The van der Waals surface area contributed by atoms with Crippen molar-refractivity contribution >= 4 is 17.7 Å². The van der Waals surface area contributed by atoms with E-state index in [2.05, 4.69) is 41.2 Å². The first-order chi connectivity index (χ1) is 11.2. The second kappa shape index (κ2) is 7.71. The molecule has 4 heteroatoms. The molecule has 0 spiro atoms. The molecule has 0 saturated carbocycles. The minimum absolute atomic E-state index is 0.322. The second-order valence-electron chi connectivity index (χ2n) is 7.00. The van der Waals surface area contributed by atoms with Crippen molar-refractivity contribution in [3.05, 3.63) is 29.3 Å². The Morgan fingerprint density at radius 2 is 2.17 bits per heavy atom. The Bertz CT molecular complexity index is 560. The lowest BCUT2D eigenvalue weighted by Crippen LogP contribution is -2.40. The molecule has 0 bridgehead atoms. The number of nitrogens with zero attached hydrogens (tertiary/aromatic N) is 2. The summed E-state index contributed by atoms with van der Waals surface area (Å²) in [5, 5.41) is 0. The van der Waals surface area contributed by atoms with E-state index in [1.54, 1.807) is 11.8 Å². The number of rotatable bonds is 4. The predicted octanol–water partition coefficient (Wildman–Crippen LogP) is 3.42. The minimum Gasteiger partial charge on any atom is -0.338 e. The summed E-state index contributed by atoms with van der Waals surface area (Å²) in [6.07, 6.45) is 6.40. The lowest BCUT2D eigenvalue weighted by atomic mass is 9.99. The summed E-state index contributed by atoms with van der Waals surface area (Å²) >= 11 is 1.79. The summed E-state index contributed by atoms with van der Waals surface area (Å²) in [6.45, 7) is 7.24. The summed E-state index contributed by atoms with van der Waals surface area (Å²) in [5.74, 6) is 1.11. The fourth-order valence-electron chi connectivity index (χ4n) is 3.77. The predicted molar refractivity (Wildman–Crippen MR) is 96.8 cm³/mol. The van der Waals surface area contributed by atoms with Crippen LogP contribution in [0.5, 0.6) is 0 Å². The summed E-state index contributed by atoms with van der Waals surface area (Å²) in [5.41, 5.74) is 2.75. The molecule has 1 saturated heterocycles. The maximum Gasteiger partial charge on any atom is 0.224 e. The van der Waals surface area contributed by atoms with Gasteiger partial charge in [0.25, 0.3) is 0 Å². The van der Waals surface area contributed by atoms with Crippen LogP contribution in [0, 0.1) is 5.92 Å². The standard InChI is InChI=1S/C19H28N2OS/c1-15-4-3-9-20(13-15)10-8-19(22)21-11-7-16-12-18(23-2)6-5-17(16)14-21/h5-6,12,15H,3-4,7-11,13-14H2,1-2H3. The molecule has 23 heavy (non-hydrogen) atoms. The normalized spacial score (nSPS) is 22.0. The van der Waals surface area contributed by atoms with Crippen molar-refractivity contribution < 1.29 is 4.79 Å². The highest BCUT2D eigenvalue weighted by Gasteiger charge is 2.22. The smallest absolute Gasteiger partial charge is 0.224 e. The molecule has 0 radical (unpaired) electrons. The quantitative estimate of drug-likeness (QED) is 0.790. The van der Waals surface area contributed by atoms with E-state index in [1.807, 2.05) is 0 Å². The van der Waals surface area contributed by atoms with Crippen LogP contribution in [0.4, 0.5) is 0 Å². The van der Waals surface area contributed by atoms with Gasteiger partial charge in [-0.15, -0.1) is 11.8 Å². The highest BCUT2D eigenvalue weighted by molar-refractivity contribution is 7.98. The number of likely N-dealkylation sites (tertiary alicyclic amines) is 1. The average Bonchev–Trinajstić information content (AvgIpc) is 2.58. The van der Waals surface area contributed by atoms with Gasteiger partial charge in [0.05, 0.1) is 0 Å². The first-order valence-corrected chi connectivity index (χ1v) is 10.0. The van der Waals surface area contributed by atoms with Crippen LogP contribution in [0.1, 0.15) is 37.3 Å². The van der Waals surface area contributed by atoms with E-state index in [9.17, 15) is 4.79 Å². The fourth-order valence-corrected chi connectivity index (χ4v) is 4.24. The molecule has 1 aromatic carbocycles. The van der Waals surface area contributed by atoms with Crippen LogP contribution in [0.3, 0.4) is 0 Å². The molecule has 126 valence electrons. The maximum atomic E-state index is 12.6. The molecule has 0 aromatic heterocycles. The molecule has 0 N–H and O–H groups in total. The number of fused-ring (bicyclic) bond motifs is 1. The molecule has 0 aliphatic carbocycles. The third-order valence-corrected chi connectivity index (χ3v) is 5.89. The fraction of sp³-hybridized carbons (Fsp3) is 0.632. The Balaban J connectivity index is 1.52. The van der Waals surface area contributed by atoms with E-state index in [-0.39, 0.29) is 0 Å². The average molecular weight is 333 g/mol. The van der Waals surface area contributed by atoms with E-state index < -0.39 is 0 Å². The molecule has 1 aromatic rings. The van der Waals surface area contributed by atoms with Crippen LogP contribution in [-0.2, 0) is 17.8 Å². The van der Waals surface area contributed by atoms with Crippen molar-refractivity contribution in [1.29, 1.82) is 0 Å². The van der Waals surface area contributed by atoms with Gasteiger partial charge in [0.15, 0.2) is 0 Å². The van der Waals surface area contributed by atoms with Crippen LogP contribution in [0.15, 0.2) is 23.1 Å². The molecule has 2 aliphatic heterocycles. The van der Waals surface area contributed by atoms with E-state index >= 15 is 0 Å². The Hall–Kier alpha value is -1.00. The Morgan fingerprint density at radius 1 is 1.30 bits per heavy atom. The van der Waals surface area contributed by atoms with Crippen molar-refractivity contribution in [3.8, 4) is 0 Å². The lowest BCUT2D eigenvalue weighted by molar-refractivity contribution is -0.132. The molecular formula is C19H28N2OS. The van der Waals surface area contributed by atoms with E-state index in [4.69, 9.17) is 0 Å². The van der Waals surface area contributed by atoms with Gasteiger partial charge in [-0.2, -0.15) is 0 Å². The number of carbonyl (C=O) groups excluding carboxylic acids is 1. The van der Waals surface area contributed by atoms with Gasteiger partial charge in [0.2, 0.25) is 5.91 Å². The van der Waals surface area contributed by atoms with Gasteiger partial charge in [-0.25, -0.2) is 0 Å². The van der Waals surface area contributed by atoms with E-state index in [0.717, 1.165) is 45.1 Å². The molecule has 2 heterocycles. The summed E-state index contributed by atoms with van der Waals surface area (Å²) in [6, 6.07) is 6.66. The SMILES string of the molecule is CSc1ccc2c(c1)CCN(C(=O)CCN1CCCC(C)C1)C2. The monoisotopic (exact) mass is 332 g/mol. The van der Waals surface area contributed by atoms with Crippen LogP contribution in [0.2, 0.25) is 0 Å². The van der Waals surface area contributed by atoms with Gasteiger partial charge in [-0.3, -0.25) is 4.79 Å². The van der Waals surface area contributed by atoms with Crippen molar-refractivity contribution in [2.45, 2.75) is 44.0 Å². The molecule has 1 atom stereocenters. The van der Waals surface area contributed by atoms with Gasteiger partial charge >= 0.3 is 0 Å². The minimum atomic E-state index is 0.322. The van der Waals surface area contributed by atoms with Crippen molar-refractivity contribution in [2.75, 3.05) is 32.4 Å². The van der Waals surface area contributed by atoms with E-state index in [0.29, 0.717) is 12.3 Å². The van der Waals surface area contributed by atoms with Crippen molar-refractivity contribution in [2.24, 2.45) is 5.92 Å². The van der Waals surface area contributed by atoms with Crippen LogP contribution < -0.4 is 0 Å². The summed E-state index contributed by atoms with van der Waals surface area (Å²) in [4.78, 5) is 18.4. The van der Waals surface area contributed by atoms with E-state index in [1.165, 1.54) is 28.9 Å². The van der Waals surface area contributed by atoms with Crippen molar-refractivity contribution in [1.82, 2.24) is 9.80 Å². The molecule has 1 unspecified atom stereocenters. The summed E-state index contributed by atoms with van der Waals surface area (Å²) < 4.78 is 0. The van der Waals surface area contributed by atoms with Crippen LogP contribution in [0.25, 0.3) is 0 Å². The van der Waals surface area contributed by atoms with Gasteiger partial charge < -0.3 is 9.80 Å². The third-order valence-electron chi connectivity index (χ3n) is 5.16. The molecule has 3 nitrogen and oxygen atoms in total. The van der Waals surface area contributed by atoms with Gasteiger partial charge in [0, 0.05) is 37.5 Å². The number of thioether (sulfide) groups is 1. The molecular weight excluding hydrogens is 304 g/mol. The highest BCUT2D eigenvalue weighted by atomic mass is 32.2. The van der Waals surface area contributed by atoms with Crippen LogP contribution in [-0.4, -0.2) is 48.1 Å². The highest BCUT2D eigenvalue weighted by Crippen LogP contribution is 2.25. The summed E-state index contributed by atoms with van der Waals surface area (Å²) in [7, 11) is 0. The molecule has 3 rings (SSSR count). The molecule has 1 amide bonds. The van der Waals surface area contributed by atoms with Gasteiger partial charge in [0.1, 0.15) is 0 Å². The first-order valence-electron chi connectivity index (χ1n) is 8.81. The maximum absolute atomic E-state index is 12.6. The molecule has 1 fully saturated rings.